The summed E-state index contributed by atoms with van der Waals surface area (Å²) in [7, 11) is 0. The topological polar surface area (TPSA) is 61.7 Å². The third kappa shape index (κ3) is 1.98. The normalized spacial score (nSPS) is 24.2. The molecule has 1 aromatic rings. The van der Waals surface area contributed by atoms with Crippen LogP contribution in [0.15, 0.2) is 18.2 Å². The molecule has 92 valence electrons. The first kappa shape index (κ1) is 10.9. The van der Waals surface area contributed by atoms with Crippen LogP contribution in [0.3, 0.4) is 0 Å². The van der Waals surface area contributed by atoms with Crippen molar-refractivity contribution in [3.8, 4) is 11.5 Å². The first-order chi connectivity index (χ1) is 8.22. The van der Waals surface area contributed by atoms with Crippen molar-refractivity contribution in [2.45, 2.75) is 18.9 Å². The smallest absolute Gasteiger partial charge is 0.127 e. The van der Waals surface area contributed by atoms with Crippen LogP contribution in [0.4, 0.5) is 0 Å². The zero-order chi connectivity index (χ0) is 11.9. The van der Waals surface area contributed by atoms with E-state index < -0.39 is 0 Å². The van der Waals surface area contributed by atoms with Crippen LogP contribution in [0.25, 0.3) is 0 Å². The molecule has 2 aliphatic rings. The predicted octanol–water partition coefficient (Wildman–Crippen LogP) is 1.19. The molecule has 1 atom stereocenters. The van der Waals surface area contributed by atoms with Gasteiger partial charge in [-0.2, -0.15) is 0 Å². The lowest BCUT2D eigenvalue weighted by atomic mass is 10.1. The summed E-state index contributed by atoms with van der Waals surface area (Å²) < 4.78 is 5.53. The van der Waals surface area contributed by atoms with Gasteiger partial charge < -0.3 is 20.3 Å². The molecule has 4 nitrogen and oxygen atoms in total. The van der Waals surface area contributed by atoms with Gasteiger partial charge in [0.2, 0.25) is 0 Å². The van der Waals surface area contributed by atoms with Crippen LogP contribution in [0.5, 0.6) is 11.5 Å². The van der Waals surface area contributed by atoms with E-state index in [2.05, 4.69) is 5.32 Å². The molecule has 0 amide bonds. The van der Waals surface area contributed by atoms with E-state index in [4.69, 9.17) is 4.74 Å². The molecule has 0 radical (unpaired) electrons. The minimum absolute atomic E-state index is 0.111. The Bertz CT molecular complexity index is 429. The molecule has 4 heteroatoms. The van der Waals surface area contributed by atoms with Gasteiger partial charge in [-0.05, 0) is 25.0 Å². The monoisotopic (exact) mass is 235 g/mol. The first-order valence-corrected chi connectivity index (χ1v) is 6.02. The highest BCUT2D eigenvalue weighted by Crippen LogP contribution is 2.45. The average molecular weight is 235 g/mol. The quantitative estimate of drug-likeness (QED) is 0.733. The van der Waals surface area contributed by atoms with Gasteiger partial charge in [0.05, 0.1) is 6.04 Å². The second kappa shape index (κ2) is 3.89. The largest absolute Gasteiger partial charge is 0.508 e. The van der Waals surface area contributed by atoms with Crippen molar-refractivity contribution in [1.29, 1.82) is 0 Å². The standard InChI is InChI=1S/C13H17NO3/c15-8-13(3-4-13)7-14-11-6-17-12-5-9(16)1-2-10(11)12/h1-2,5,11,14-16H,3-4,6-8H2. The van der Waals surface area contributed by atoms with Crippen molar-refractivity contribution in [2.24, 2.45) is 5.41 Å². The summed E-state index contributed by atoms with van der Waals surface area (Å²) in [5.74, 6) is 0.995. The maximum atomic E-state index is 9.36. The number of hydrogen-bond donors (Lipinski definition) is 3. The number of ether oxygens (including phenoxy) is 1. The van der Waals surface area contributed by atoms with E-state index in [-0.39, 0.29) is 23.8 Å². The fourth-order valence-corrected chi connectivity index (χ4v) is 2.27. The van der Waals surface area contributed by atoms with E-state index in [0.717, 1.165) is 30.7 Å². The van der Waals surface area contributed by atoms with Crippen LogP contribution in [-0.4, -0.2) is 30.0 Å². The zero-order valence-corrected chi connectivity index (χ0v) is 9.65. The minimum Gasteiger partial charge on any atom is -0.508 e. The van der Waals surface area contributed by atoms with Crippen LogP contribution < -0.4 is 10.1 Å². The van der Waals surface area contributed by atoms with Crippen molar-refractivity contribution < 1.29 is 14.9 Å². The molecule has 1 saturated carbocycles. The molecule has 1 aliphatic heterocycles. The van der Waals surface area contributed by atoms with Crippen LogP contribution in [0.1, 0.15) is 24.4 Å². The SMILES string of the molecule is OCC1(CNC2COc3cc(O)ccc32)CC1. The predicted molar refractivity (Wildman–Crippen MR) is 63.1 cm³/mol. The number of benzene rings is 1. The Morgan fingerprint density at radius 3 is 2.94 bits per heavy atom. The number of phenolic OH excluding ortho intramolecular Hbond substituents is 1. The minimum atomic E-state index is 0.111. The van der Waals surface area contributed by atoms with Gasteiger partial charge in [0.25, 0.3) is 0 Å². The second-order valence-corrected chi connectivity index (χ2v) is 5.12. The van der Waals surface area contributed by atoms with E-state index >= 15 is 0 Å². The molecule has 0 saturated heterocycles. The Balaban J connectivity index is 1.67. The van der Waals surface area contributed by atoms with Crippen molar-refractivity contribution >= 4 is 0 Å². The number of phenols is 1. The molecule has 0 spiro atoms. The number of fused-ring (bicyclic) bond motifs is 1. The number of aliphatic hydroxyl groups excluding tert-OH is 1. The van der Waals surface area contributed by atoms with Gasteiger partial charge in [-0.25, -0.2) is 0 Å². The summed E-state index contributed by atoms with van der Waals surface area (Å²) in [6.07, 6.45) is 2.21. The van der Waals surface area contributed by atoms with Crippen molar-refractivity contribution in [1.82, 2.24) is 5.32 Å². The summed E-state index contributed by atoms with van der Waals surface area (Å²) in [5.41, 5.74) is 1.20. The van der Waals surface area contributed by atoms with Gasteiger partial charge in [0.1, 0.15) is 18.1 Å². The van der Waals surface area contributed by atoms with Gasteiger partial charge >= 0.3 is 0 Å². The summed E-state index contributed by atoms with van der Waals surface area (Å²) in [6.45, 7) is 1.69. The Labute approximate surface area is 100 Å². The van der Waals surface area contributed by atoms with E-state index in [9.17, 15) is 10.2 Å². The molecule has 0 bridgehead atoms. The molecule has 1 heterocycles. The highest BCUT2D eigenvalue weighted by Gasteiger charge is 2.42. The second-order valence-electron chi connectivity index (χ2n) is 5.12. The third-order valence-electron chi connectivity index (χ3n) is 3.79. The van der Waals surface area contributed by atoms with Crippen LogP contribution in [-0.2, 0) is 0 Å². The number of nitrogens with one attached hydrogen (secondary N) is 1. The fourth-order valence-electron chi connectivity index (χ4n) is 2.27. The third-order valence-corrected chi connectivity index (χ3v) is 3.79. The Hall–Kier alpha value is -1.26. The lowest BCUT2D eigenvalue weighted by molar-refractivity contribution is 0.200. The molecule has 3 N–H and O–H groups in total. The van der Waals surface area contributed by atoms with E-state index in [0.29, 0.717) is 6.61 Å². The van der Waals surface area contributed by atoms with Crippen LogP contribution >= 0.6 is 0 Å². The maximum Gasteiger partial charge on any atom is 0.127 e. The maximum absolute atomic E-state index is 9.36. The highest BCUT2D eigenvalue weighted by atomic mass is 16.5. The highest BCUT2D eigenvalue weighted by molar-refractivity contribution is 5.44. The molecule has 17 heavy (non-hydrogen) atoms. The van der Waals surface area contributed by atoms with Gasteiger partial charge in [-0.3, -0.25) is 0 Å². The van der Waals surface area contributed by atoms with Crippen LogP contribution in [0.2, 0.25) is 0 Å². The molecule has 1 aliphatic carbocycles. The Kier molecular flexibility index (Phi) is 2.49. The molecular weight excluding hydrogens is 218 g/mol. The molecular formula is C13H17NO3. The molecule has 0 aromatic heterocycles. The molecule has 3 rings (SSSR count). The number of aliphatic hydroxyl groups is 1. The van der Waals surface area contributed by atoms with E-state index in [1.807, 2.05) is 6.07 Å². The van der Waals surface area contributed by atoms with E-state index in [1.54, 1.807) is 12.1 Å². The van der Waals surface area contributed by atoms with Crippen LogP contribution in [0, 0.1) is 5.41 Å². The lowest BCUT2D eigenvalue weighted by Crippen LogP contribution is -2.30. The van der Waals surface area contributed by atoms with Crippen molar-refractivity contribution in [3.05, 3.63) is 23.8 Å². The molecule has 1 aromatic carbocycles. The molecule has 1 unspecified atom stereocenters. The summed E-state index contributed by atoms with van der Waals surface area (Å²) >= 11 is 0. The number of aromatic hydroxyl groups is 1. The Morgan fingerprint density at radius 2 is 2.24 bits per heavy atom. The number of rotatable bonds is 4. The number of hydrogen-bond acceptors (Lipinski definition) is 4. The summed E-state index contributed by atoms with van der Waals surface area (Å²) in [4.78, 5) is 0. The fraction of sp³-hybridized carbons (Fsp3) is 0.538. The molecule has 1 fully saturated rings. The zero-order valence-electron chi connectivity index (χ0n) is 9.65. The van der Waals surface area contributed by atoms with Gasteiger partial charge in [0.15, 0.2) is 0 Å². The van der Waals surface area contributed by atoms with Gasteiger partial charge in [-0.15, -0.1) is 0 Å². The van der Waals surface area contributed by atoms with Gasteiger partial charge in [-0.1, -0.05) is 0 Å². The van der Waals surface area contributed by atoms with Crippen molar-refractivity contribution in [3.63, 3.8) is 0 Å². The lowest BCUT2D eigenvalue weighted by Gasteiger charge is -2.17. The Morgan fingerprint density at radius 1 is 1.41 bits per heavy atom. The summed E-state index contributed by atoms with van der Waals surface area (Å²) in [5, 5.41) is 22.1. The average Bonchev–Trinajstić information content (AvgIpc) is 3.02. The van der Waals surface area contributed by atoms with E-state index in [1.165, 1.54) is 0 Å². The summed E-state index contributed by atoms with van der Waals surface area (Å²) in [6, 6.07) is 5.40. The first-order valence-electron chi connectivity index (χ1n) is 6.02. The van der Waals surface area contributed by atoms with Crippen molar-refractivity contribution in [2.75, 3.05) is 19.8 Å². The van der Waals surface area contributed by atoms with Gasteiger partial charge in [0, 0.05) is 30.2 Å².